The first-order valence-electron chi connectivity index (χ1n) is 12.0. The van der Waals surface area contributed by atoms with Crippen molar-refractivity contribution in [1.29, 1.82) is 0 Å². The highest BCUT2D eigenvalue weighted by molar-refractivity contribution is 5.70. The highest BCUT2D eigenvalue weighted by Gasteiger charge is 2.15. The number of carbonyl (C=O) groups is 2. The molecule has 0 aliphatic rings. The van der Waals surface area contributed by atoms with E-state index in [-0.39, 0.29) is 24.1 Å². The molecule has 0 atom stereocenters. The Labute approximate surface area is 174 Å². The number of hydrogen-bond donors (Lipinski definition) is 0. The van der Waals surface area contributed by atoms with E-state index in [2.05, 4.69) is 27.7 Å². The van der Waals surface area contributed by atoms with Crippen LogP contribution < -0.4 is 0 Å². The zero-order valence-electron chi connectivity index (χ0n) is 19.1. The Hall–Kier alpha value is -1.06. The molecule has 0 unspecified atom stereocenters. The zero-order valence-corrected chi connectivity index (χ0v) is 19.1. The SMILES string of the molecule is CCCCC(CCCC)OC(=O)CCCCC(=O)OC(CCCC)CCCC. The van der Waals surface area contributed by atoms with E-state index >= 15 is 0 Å². The summed E-state index contributed by atoms with van der Waals surface area (Å²) in [6.07, 6.45) is 15.1. The van der Waals surface area contributed by atoms with Gasteiger partial charge < -0.3 is 9.47 Å². The van der Waals surface area contributed by atoms with E-state index in [1.807, 2.05) is 0 Å². The zero-order chi connectivity index (χ0) is 21.0. The Morgan fingerprint density at radius 3 is 1.07 bits per heavy atom. The van der Waals surface area contributed by atoms with Crippen LogP contribution in [-0.4, -0.2) is 24.1 Å². The lowest BCUT2D eigenvalue weighted by atomic mass is 10.1. The van der Waals surface area contributed by atoms with Gasteiger partial charge in [-0.25, -0.2) is 0 Å². The second-order valence-electron chi connectivity index (χ2n) is 8.00. The van der Waals surface area contributed by atoms with Gasteiger partial charge in [0, 0.05) is 12.8 Å². The number of esters is 2. The van der Waals surface area contributed by atoms with Crippen molar-refractivity contribution in [2.75, 3.05) is 0 Å². The summed E-state index contributed by atoms with van der Waals surface area (Å²) in [5.74, 6) is -0.233. The molecule has 0 radical (unpaired) electrons. The van der Waals surface area contributed by atoms with Gasteiger partial charge in [0.05, 0.1) is 0 Å². The minimum atomic E-state index is -0.116. The van der Waals surface area contributed by atoms with Gasteiger partial charge in [-0.1, -0.05) is 79.1 Å². The van der Waals surface area contributed by atoms with Gasteiger partial charge in [0.1, 0.15) is 12.2 Å². The van der Waals surface area contributed by atoms with Crippen molar-refractivity contribution < 1.29 is 19.1 Å². The summed E-state index contributed by atoms with van der Waals surface area (Å²) in [7, 11) is 0. The normalized spacial score (nSPS) is 11.2. The molecule has 0 amide bonds. The number of unbranched alkanes of at least 4 members (excludes halogenated alkanes) is 5. The van der Waals surface area contributed by atoms with Crippen LogP contribution in [0.5, 0.6) is 0 Å². The smallest absolute Gasteiger partial charge is 0.306 e. The number of hydrogen-bond acceptors (Lipinski definition) is 4. The molecule has 0 aliphatic heterocycles. The van der Waals surface area contributed by atoms with Crippen LogP contribution in [0, 0.1) is 0 Å². The topological polar surface area (TPSA) is 52.6 Å². The molecule has 0 spiro atoms. The fourth-order valence-electron chi connectivity index (χ4n) is 3.28. The summed E-state index contributed by atoms with van der Waals surface area (Å²) in [5.41, 5.74) is 0. The molecule has 0 saturated heterocycles. The fraction of sp³-hybridized carbons (Fsp3) is 0.917. The number of carbonyl (C=O) groups excluding carboxylic acids is 2. The summed E-state index contributed by atoms with van der Waals surface area (Å²) >= 11 is 0. The predicted octanol–water partition coefficient (Wildman–Crippen LogP) is 7.13. The van der Waals surface area contributed by atoms with Gasteiger partial charge in [0.15, 0.2) is 0 Å². The summed E-state index contributed by atoms with van der Waals surface area (Å²) in [6, 6.07) is 0. The van der Waals surface area contributed by atoms with E-state index in [0.29, 0.717) is 25.7 Å². The molecule has 0 aromatic heterocycles. The minimum Gasteiger partial charge on any atom is -0.462 e. The lowest BCUT2D eigenvalue weighted by Crippen LogP contribution is -2.19. The van der Waals surface area contributed by atoms with Crippen molar-refractivity contribution in [3.63, 3.8) is 0 Å². The number of ether oxygens (including phenoxy) is 2. The monoisotopic (exact) mass is 398 g/mol. The Bertz CT molecular complexity index is 329. The second kappa shape index (κ2) is 19.3. The van der Waals surface area contributed by atoms with Crippen LogP contribution in [0.1, 0.15) is 130 Å². The van der Waals surface area contributed by atoms with Crippen LogP contribution in [0.25, 0.3) is 0 Å². The molecule has 0 heterocycles. The van der Waals surface area contributed by atoms with E-state index < -0.39 is 0 Å². The molecule has 0 aliphatic carbocycles. The Morgan fingerprint density at radius 2 is 0.821 bits per heavy atom. The summed E-state index contributed by atoms with van der Waals surface area (Å²) in [5, 5.41) is 0. The first kappa shape index (κ1) is 26.9. The van der Waals surface area contributed by atoms with Gasteiger partial charge in [-0.3, -0.25) is 9.59 Å². The van der Waals surface area contributed by atoms with Crippen molar-refractivity contribution in [1.82, 2.24) is 0 Å². The van der Waals surface area contributed by atoms with E-state index in [0.717, 1.165) is 77.0 Å². The maximum atomic E-state index is 12.1. The largest absolute Gasteiger partial charge is 0.462 e. The average molecular weight is 399 g/mol. The van der Waals surface area contributed by atoms with Gasteiger partial charge >= 0.3 is 11.9 Å². The first-order valence-corrected chi connectivity index (χ1v) is 12.0. The maximum absolute atomic E-state index is 12.1. The van der Waals surface area contributed by atoms with Crippen molar-refractivity contribution in [3.8, 4) is 0 Å². The maximum Gasteiger partial charge on any atom is 0.306 e. The second-order valence-corrected chi connectivity index (χ2v) is 8.00. The minimum absolute atomic E-state index is 0.0651. The molecule has 0 fully saturated rings. The van der Waals surface area contributed by atoms with Crippen molar-refractivity contribution >= 4 is 11.9 Å². The third-order valence-electron chi connectivity index (χ3n) is 5.13. The van der Waals surface area contributed by atoms with Crippen molar-refractivity contribution in [3.05, 3.63) is 0 Å². The van der Waals surface area contributed by atoms with Crippen LogP contribution in [-0.2, 0) is 19.1 Å². The van der Waals surface area contributed by atoms with Crippen LogP contribution in [0.4, 0.5) is 0 Å². The summed E-state index contributed by atoms with van der Waals surface area (Å²) in [6.45, 7) is 8.64. The summed E-state index contributed by atoms with van der Waals surface area (Å²) < 4.78 is 11.3. The molecule has 0 rings (SSSR count). The van der Waals surface area contributed by atoms with Gasteiger partial charge in [0.2, 0.25) is 0 Å². The van der Waals surface area contributed by atoms with E-state index in [1.54, 1.807) is 0 Å². The Morgan fingerprint density at radius 1 is 0.536 bits per heavy atom. The molecular formula is C24H46O4. The highest BCUT2D eigenvalue weighted by atomic mass is 16.5. The van der Waals surface area contributed by atoms with E-state index in [9.17, 15) is 9.59 Å². The first-order chi connectivity index (χ1) is 13.6. The van der Waals surface area contributed by atoms with Gasteiger partial charge in [0.25, 0.3) is 0 Å². The molecule has 0 aromatic rings. The van der Waals surface area contributed by atoms with Crippen molar-refractivity contribution in [2.24, 2.45) is 0 Å². The Balaban J connectivity index is 4.05. The third kappa shape index (κ3) is 15.9. The predicted molar refractivity (Wildman–Crippen MR) is 116 cm³/mol. The highest BCUT2D eigenvalue weighted by Crippen LogP contribution is 2.16. The van der Waals surface area contributed by atoms with E-state index in [4.69, 9.17) is 9.47 Å². The molecule has 0 N–H and O–H groups in total. The van der Waals surface area contributed by atoms with Crippen LogP contribution >= 0.6 is 0 Å². The Kier molecular flexibility index (Phi) is 18.5. The van der Waals surface area contributed by atoms with Crippen molar-refractivity contribution in [2.45, 2.75) is 143 Å². The number of rotatable bonds is 19. The molecule has 0 saturated carbocycles. The molecule has 0 aromatic carbocycles. The van der Waals surface area contributed by atoms with Crippen LogP contribution in [0.3, 0.4) is 0 Å². The molecule has 4 nitrogen and oxygen atoms in total. The van der Waals surface area contributed by atoms with Gasteiger partial charge in [-0.2, -0.15) is 0 Å². The third-order valence-corrected chi connectivity index (χ3v) is 5.13. The van der Waals surface area contributed by atoms with E-state index in [1.165, 1.54) is 0 Å². The lowest BCUT2D eigenvalue weighted by Gasteiger charge is -2.18. The molecular weight excluding hydrogens is 352 g/mol. The van der Waals surface area contributed by atoms with Crippen LogP contribution in [0.15, 0.2) is 0 Å². The molecule has 0 bridgehead atoms. The average Bonchev–Trinajstić information content (AvgIpc) is 2.69. The molecule has 166 valence electrons. The van der Waals surface area contributed by atoms with Crippen LogP contribution in [0.2, 0.25) is 0 Å². The fourth-order valence-corrected chi connectivity index (χ4v) is 3.28. The quantitative estimate of drug-likeness (QED) is 0.171. The lowest BCUT2D eigenvalue weighted by molar-refractivity contribution is -0.152. The molecule has 4 heteroatoms. The molecule has 28 heavy (non-hydrogen) atoms. The van der Waals surface area contributed by atoms with Gasteiger partial charge in [-0.05, 0) is 38.5 Å². The van der Waals surface area contributed by atoms with Gasteiger partial charge in [-0.15, -0.1) is 0 Å². The summed E-state index contributed by atoms with van der Waals surface area (Å²) in [4.78, 5) is 24.2. The standard InChI is InChI=1S/C24H46O4/c1-5-9-15-21(16-10-6-2)27-23(25)19-13-14-20-24(26)28-22(17-11-7-3)18-12-8-4/h21-22H,5-20H2,1-4H3.